The summed E-state index contributed by atoms with van der Waals surface area (Å²) < 4.78 is 26.0. The monoisotopic (exact) mass is 240 g/mol. The molecule has 1 aromatic carbocycles. The van der Waals surface area contributed by atoms with E-state index >= 15 is 0 Å². The van der Waals surface area contributed by atoms with Crippen LogP contribution in [0, 0.1) is 17.6 Å². The van der Waals surface area contributed by atoms with Gasteiger partial charge in [0.05, 0.1) is 11.6 Å². The second-order valence-corrected chi connectivity index (χ2v) is 4.25. The molecule has 0 spiro atoms. The van der Waals surface area contributed by atoms with Crippen LogP contribution in [0.15, 0.2) is 18.2 Å². The molecule has 1 fully saturated rings. The van der Waals surface area contributed by atoms with Gasteiger partial charge in [-0.1, -0.05) is 0 Å². The smallest absolute Gasteiger partial charge is 0.227 e. The molecule has 5 heteroatoms. The van der Waals surface area contributed by atoms with Crippen molar-refractivity contribution in [1.82, 2.24) is 4.90 Å². The number of amides is 1. The van der Waals surface area contributed by atoms with Gasteiger partial charge in [-0.05, 0) is 18.6 Å². The lowest BCUT2D eigenvalue weighted by Gasteiger charge is -2.12. The average molecular weight is 240 g/mol. The summed E-state index contributed by atoms with van der Waals surface area (Å²) in [7, 11) is 1.75. The van der Waals surface area contributed by atoms with Crippen molar-refractivity contribution in [3.63, 3.8) is 0 Å². The van der Waals surface area contributed by atoms with Gasteiger partial charge in [-0.15, -0.1) is 0 Å². The van der Waals surface area contributed by atoms with Gasteiger partial charge in [-0.3, -0.25) is 4.79 Å². The topological polar surface area (TPSA) is 32.3 Å². The van der Waals surface area contributed by atoms with Crippen LogP contribution in [0.3, 0.4) is 0 Å². The second kappa shape index (κ2) is 4.69. The number of hydrogen-bond acceptors (Lipinski definition) is 2. The maximum Gasteiger partial charge on any atom is 0.227 e. The van der Waals surface area contributed by atoms with Crippen LogP contribution in [-0.4, -0.2) is 30.9 Å². The third kappa shape index (κ3) is 2.54. The predicted octanol–water partition coefficient (Wildman–Crippen LogP) is 1.85. The summed E-state index contributed by atoms with van der Waals surface area (Å²) in [6, 6.07) is 3.35. The van der Waals surface area contributed by atoms with Gasteiger partial charge in [0.25, 0.3) is 0 Å². The van der Waals surface area contributed by atoms with E-state index in [4.69, 9.17) is 0 Å². The average Bonchev–Trinajstić information content (AvgIpc) is 2.59. The standard InChI is InChI=1S/C12H14F2N2O/c1-16-5-4-8(12(16)17)7-15-11-3-2-9(13)6-10(11)14/h2-3,6,8,15H,4-5,7H2,1H3/t8-/m0/s1. The summed E-state index contributed by atoms with van der Waals surface area (Å²) >= 11 is 0. The zero-order valence-electron chi connectivity index (χ0n) is 9.54. The molecule has 3 nitrogen and oxygen atoms in total. The normalized spacial score (nSPS) is 19.8. The van der Waals surface area contributed by atoms with Crippen molar-refractivity contribution in [2.45, 2.75) is 6.42 Å². The quantitative estimate of drug-likeness (QED) is 0.874. The fraction of sp³-hybridized carbons (Fsp3) is 0.417. The molecule has 1 atom stereocenters. The van der Waals surface area contributed by atoms with Crippen molar-refractivity contribution in [3.8, 4) is 0 Å². The van der Waals surface area contributed by atoms with E-state index < -0.39 is 11.6 Å². The Kier molecular flexibility index (Phi) is 3.26. The Morgan fingerprint density at radius 2 is 2.24 bits per heavy atom. The third-order valence-electron chi connectivity index (χ3n) is 3.01. The van der Waals surface area contributed by atoms with Crippen LogP contribution in [0.2, 0.25) is 0 Å². The van der Waals surface area contributed by atoms with E-state index in [1.54, 1.807) is 11.9 Å². The first-order valence-electron chi connectivity index (χ1n) is 5.52. The minimum Gasteiger partial charge on any atom is -0.382 e. The highest BCUT2D eigenvalue weighted by Crippen LogP contribution is 2.19. The molecular formula is C12H14F2N2O. The SMILES string of the molecule is CN1CC[C@@H](CNc2ccc(F)cc2F)C1=O. The molecule has 0 aliphatic carbocycles. The first kappa shape index (κ1) is 11.8. The van der Waals surface area contributed by atoms with Crippen LogP contribution in [0.1, 0.15) is 6.42 Å². The summed E-state index contributed by atoms with van der Waals surface area (Å²) in [5.74, 6) is -1.29. The van der Waals surface area contributed by atoms with Crippen LogP contribution in [0.4, 0.5) is 14.5 Å². The summed E-state index contributed by atoms with van der Waals surface area (Å²) in [5.41, 5.74) is 0.230. The van der Waals surface area contributed by atoms with E-state index in [0.717, 1.165) is 19.0 Å². The summed E-state index contributed by atoms with van der Waals surface area (Å²) in [4.78, 5) is 13.3. The van der Waals surface area contributed by atoms with Gasteiger partial charge >= 0.3 is 0 Å². The zero-order chi connectivity index (χ0) is 12.4. The number of hydrogen-bond donors (Lipinski definition) is 1. The lowest BCUT2D eigenvalue weighted by atomic mass is 10.1. The van der Waals surface area contributed by atoms with E-state index in [0.29, 0.717) is 6.54 Å². The molecule has 17 heavy (non-hydrogen) atoms. The van der Waals surface area contributed by atoms with Crippen LogP contribution in [-0.2, 0) is 4.79 Å². The number of nitrogens with zero attached hydrogens (tertiary/aromatic N) is 1. The maximum absolute atomic E-state index is 13.3. The first-order chi connectivity index (χ1) is 8.08. The lowest BCUT2D eigenvalue weighted by Crippen LogP contribution is -2.26. The van der Waals surface area contributed by atoms with E-state index in [2.05, 4.69) is 5.32 Å². The third-order valence-corrected chi connectivity index (χ3v) is 3.01. The molecule has 1 aliphatic rings. The zero-order valence-corrected chi connectivity index (χ0v) is 9.54. The molecule has 92 valence electrons. The number of rotatable bonds is 3. The van der Waals surface area contributed by atoms with Gasteiger partial charge in [-0.25, -0.2) is 8.78 Å². The Bertz CT molecular complexity index is 437. The minimum atomic E-state index is -0.635. The maximum atomic E-state index is 13.3. The van der Waals surface area contributed by atoms with Gasteiger partial charge in [0.2, 0.25) is 5.91 Å². The van der Waals surface area contributed by atoms with Gasteiger partial charge in [-0.2, -0.15) is 0 Å². The van der Waals surface area contributed by atoms with Crippen molar-refractivity contribution >= 4 is 11.6 Å². The minimum absolute atomic E-state index is 0.0695. The highest BCUT2D eigenvalue weighted by Gasteiger charge is 2.28. The fourth-order valence-corrected chi connectivity index (χ4v) is 1.95. The van der Waals surface area contributed by atoms with Gasteiger partial charge in [0, 0.05) is 26.2 Å². The van der Waals surface area contributed by atoms with Crippen LogP contribution < -0.4 is 5.32 Å². The number of carbonyl (C=O) groups excluding carboxylic acids is 1. The number of anilines is 1. The number of halogens is 2. The van der Waals surface area contributed by atoms with Crippen molar-refractivity contribution < 1.29 is 13.6 Å². The van der Waals surface area contributed by atoms with Crippen molar-refractivity contribution in [2.24, 2.45) is 5.92 Å². The number of benzene rings is 1. The first-order valence-corrected chi connectivity index (χ1v) is 5.52. The second-order valence-electron chi connectivity index (χ2n) is 4.25. The Labute approximate surface area is 98.4 Å². The molecule has 1 N–H and O–H groups in total. The summed E-state index contributed by atoms with van der Waals surface area (Å²) in [6.45, 7) is 1.11. The van der Waals surface area contributed by atoms with Gasteiger partial charge < -0.3 is 10.2 Å². The molecular weight excluding hydrogens is 226 g/mol. The molecule has 1 amide bonds. The molecule has 2 rings (SSSR count). The van der Waals surface area contributed by atoms with E-state index in [9.17, 15) is 13.6 Å². The molecule has 0 aromatic heterocycles. The van der Waals surface area contributed by atoms with Crippen LogP contribution in [0.5, 0.6) is 0 Å². The van der Waals surface area contributed by atoms with Gasteiger partial charge in [0.1, 0.15) is 11.6 Å². The van der Waals surface area contributed by atoms with Crippen molar-refractivity contribution in [1.29, 1.82) is 0 Å². The Balaban J connectivity index is 1.96. The Hall–Kier alpha value is -1.65. The predicted molar refractivity (Wildman–Crippen MR) is 60.6 cm³/mol. The van der Waals surface area contributed by atoms with Crippen molar-refractivity contribution in [2.75, 3.05) is 25.5 Å². The molecule has 0 saturated carbocycles. The lowest BCUT2D eigenvalue weighted by molar-refractivity contribution is -0.129. The molecule has 1 aliphatic heterocycles. The molecule has 1 heterocycles. The molecule has 0 bridgehead atoms. The number of likely N-dealkylation sites (tertiary alicyclic amines) is 1. The molecule has 1 aromatic rings. The highest BCUT2D eigenvalue weighted by molar-refractivity contribution is 5.81. The van der Waals surface area contributed by atoms with Crippen molar-refractivity contribution in [3.05, 3.63) is 29.8 Å². The summed E-state index contributed by atoms with van der Waals surface area (Å²) in [5, 5.41) is 2.84. The van der Waals surface area contributed by atoms with Gasteiger partial charge in [0.15, 0.2) is 0 Å². The van der Waals surface area contributed by atoms with Crippen LogP contribution >= 0.6 is 0 Å². The summed E-state index contributed by atoms with van der Waals surface area (Å²) in [6.07, 6.45) is 0.769. The van der Waals surface area contributed by atoms with E-state index in [1.165, 1.54) is 12.1 Å². The Morgan fingerprint density at radius 3 is 2.82 bits per heavy atom. The molecule has 1 saturated heterocycles. The molecule has 0 radical (unpaired) electrons. The van der Waals surface area contributed by atoms with E-state index in [-0.39, 0.29) is 17.5 Å². The largest absolute Gasteiger partial charge is 0.382 e. The number of carbonyl (C=O) groups is 1. The Morgan fingerprint density at radius 1 is 1.47 bits per heavy atom. The number of nitrogens with one attached hydrogen (secondary N) is 1. The molecule has 0 unspecified atom stereocenters. The van der Waals surface area contributed by atoms with E-state index in [1.807, 2.05) is 0 Å². The fourth-order valence-electron chi connectivity index (χ4n) is 1.95. The van der Waals surface area contributed by atoms with Crippen LogP contribution in [0.25, 0.3) is 0 Å². The highest BCUT2D eigenvalue weighted by atomic mass is 19.1.